The summed E-state index contributed by atoms with van der Waals surface area (Å²) in [6.45, 7) is 6.61. The monoisotopic (exact) mass is 217 g/mol. The van der Waals surface area contributed by atoms with Crippen LogP contribution in [-0.4, -0.2) is 50.8 Å². The number of hydrogen-bond acceptors (Lipinski definition) is 4. The van der Waals surface area contributed by atoms with Crippen molar-refractivity contribution in [1.29, 1.82) is 0 Å². The summed E-state index contributed by atoms with van der Waals surface area (Å²) in [6, 6.07) is 0.477. The molecule has 0 radical (unpaired) electrons. The summed E-state index contributed by atoms with van der Waals surface area (Å²) in [5, 5.41) is 0. The van der Waals surface area contributed by atoms with Gasteiger partial charge in [0, 0.05) is 26.2 Å². The molecular weight excluding hydrogens is 194 g/mol. The number of esters is 1. The van der Waals surface area contributed by atoms with Crippen LogP contribution in [0.5, 0.6) is 0 Å². The number of rotatable bonds is 8. The first-order chi connectivity index (χ1) is 7.15. The molecule has 0 spiro atoms. The number of hydrogen-bond donors (Lipinski definition) is 0. The van der Waals surface area contributed by atoms with E-state index < -0.39 is 0 Å². The van der Waals surface area contributed by atoms with Gasteiger partial charge in [-0.15, -0.1) is 0 Å². The van der Waals surface area contributed by atoms with E-state index in [-0.39, 0.29) is 5.97 Å². The van der Waals surface area contributed by atoms with Gasteiger partial charge in [-0.25, -0.2) is 0 Å². The Kier molecular flexibility index (Phi) is 8.33. The molecule has 0 aromatic heterocycles. The molecule has 0 aliphatic carbocycles. The molecule has 0 bridgehead atoms. The molecule has 0 saturated carbocycles. The number of carbonyl (C=O) groups is 1. The largest absolute Gasteiger partial charge is 0.469 e. The Hall–Kier alpha value is -0.610. The Morgan fingerprint density at radius 3 is 2.47 bits per heavy atom. The van der Waals surface area contributed by atoms with Crippen LogP contribution in [-0.2, 0) is 14.3 Å². The maximum atomic E-state index is 11.0. The second kappa shape index (κ2) is 8.68. The fraction of sp³-hybridized carbons (Fsp3) is 0.909. The normalized spacial score (nSPS) is 12.9. The summed E-state index contributed by atoms with van der Waals surface area (Å²) in [6.07, 6.45) is 1.52. The molecule has 0 N–H and O–H groups in total. The van der Waals surface area contributed by atoms with Crippen molar-refractivity contribution in [2.45, 2.75) is 32.7 Å². The van der Waals surface area contributed by atoms with Crippen LogP contribution in [0.3, 0.4) is 0 Å². The zero-order valence-electron chi connectivity index (χ0n) is 10.3. The fourth-order valence-electron chi connectivity index (χ4n) is 1.36. The molecule has 0 rings (SSSR count). The first kappa shape index (κ1) is 14.4. The molecule has 0 aromatic rings. The molecule has 0 aliphatic rings. The van der Waals surface area contributed by atoms with Gasteiger partial charge in [-0.1, -0.05) is 6.92 Å². The minimum atomic E-state index is -0.152. The molecule has 90 valence electrons. The zero-order chi connectivity index (χ0) is 11.7. The van der Waals surface area contributed by atoms with Crippen LogP contribution < -0.4 is 0 Å². The summed E-state index contributed by atoms with van der Waals surface area (Å²) in [7, 11) is 3.11. The Balaban J connectivity index is 3.94. The fourth-order valence-corrected chi connectivity index (χ4v) is 1.36. The van der Waals surface area contributed by atoms with Crippen molar-refractivity contribution in [3.63, 3.8) is 0 Å². The van der Waals surface area contributed by atoms with E-state index >= 15 is 0 Å². The van der Waals surface area contributed by atoms with Crippen LogP contribution >= 0.6 is 0 Å². The van der Waals surface area contributed by atoms with Crippen LogP contribution in [0.2, 0.25) is 0 Å². The third-order valence-electron chi connectivity index (χ3n) is 2.63. The van der Waals surface area contributed by atoms with Gasteiger partial charge in [-0.05, 0) is 13.3 Å². The minimum absolute atomic E-state index is 0.152. The Bertz CT molecular complexity index is 173. The molecule has 15 heavy (non-hydrogen) atoms. The molecule has 0 amide bonds. The second-order valence-electron chi connectivity index (χ2n) is 3.61. The van der Waals surface area contributed by atoms with Crippen LogP contribution in [0.1, 0.15) is 26.7 Å². The smallest absolute Gasteiger partial charge is 0.306 e. The van der Waals surface area contributed by atoms with Gasteiger partial charge in [-0.3, -0.25) is 9.69 Å². The van der Waals surface area contributed by atoms with Gasteiger partial charge in [0.2, 0.25) is 0 Å². The SMILES string of the molecule is CCC(C)N(CCOC)CCC(=O)OC. The summed E-state index contributed by atoms with van der Waals surface area (Å²) >= 11 is 0. The third kappa shape index (κ3) is 6.47. The van der Waals surface area contributed by atoms with Crippen LogP contribution in [0.4, 0.5) is 0 Å². The molecule has 4 nitrogen and oxygen atoms in total. The lowest BCUT2D eigenvalue weighted by Gasteiger charge is -2.27. The van der Waals surface area contributed by atoms with E-state index in [0.29, 0.717) is 19.1 Å². The van der Waals surface area contributed by atoms with Crippen molar-refractivity contribution >= 4 is 5.97 Å². The second-order valence-corrected chi connectivity index (χ2v) is 3.61. The van der Waals surface area contributed by atoms with Crippen LogP contribution in [0.15, 0.2) is 0 Å². The van der Waals surface area contributed by atoms with E-state index in [1.54, 1.807) is 7.11 Å². The van der Waals surface area contributed by atoms with Gasteiger partial charge in [-0.2, -0.15) is 0 Å². The average molecular weight is 217 g/mol. The quantitative estimate of drug-likeness (QED) is 0.574. The number of methoxy groups -OCH3 is 2. The molecule has 1 unspecified atom stereocenters. The van der Waals surface area contributed by atoms with Gasteiger partial charge in [0.25, 0.3) is 0 Å². The van der Waals surface area contributed by atoms with Crippen molar-refractivity contribution < 1.29 is 14.3 Å². The predicted octanol–water partition coefficient (Wildman–Crippen LogP) is 1.30. The van der Waals surface area contributed by atoms with Crippen molar-refractivity contribution in [2.75, 3.05) is 33.9 Å². The Morgan fingerprint density at radius 1 is 1.33 bits per heavy atom. The summed E-state index contributed by atoms with van der Waals surface area (Å²) in [4.78, 5) is 13.3. The van der Waals surface area contributed by atoms with Gasteiger partial charge in [0.15, 0.2) is 0 Å². The highest BCUT2D eigenvalue weighted by Crippen LogP contribution is 2.04. The van der Waals surface area contributed by atoms with E-state index in [2.05, 4.69) is 23.5 Å². The molecule has 0 fully saturated rings. The average Bonchev–Trinajstić information content (AvgIpc) is 2.27. The lowest BCUT2D eigenvalue weighted by atomic mass is 10.2. The van der Waals surface area contributed by atoms with Crippen molar-refractivity contribution in [3.05, 3.63) is 0 Å². The number of nitrogens with zero attached hydrogens (tertiary/aromatic N) is 1. The summed E-state index contributed by atoms with van der Waals surface area (Å²) in [5.74, 6) is -0.152. The predicted molar refractivity (Wildman–Crippen MR) is 59.8 cm³/mol. The first-order valence-electron chi connectivity index (χ1n) is 5.45. The first-order valence-corrected chi connectivity index (χ1v) is 5.45. The lowest BCUT2D eigenvalue weighted by molar-refractivity contribution is -0.141. The Labute approximate surface area is 92.5 Å². The van der Waals surface area contributed by atoms with Gasteiger partial charge < -0.3 is 9.47 Å². The van der Waals surface area contributed by atoms with E-state index in [1.807, 2.05) is 0 Å². The third-order valence-corrected chi connectivity index (χ3v) is 2.63. The molecule has 4 heteroatoms. The maximum absolute atomic E-state index is 11.0. The topological polar surface area (TPSA) is 38.8 Å². The van der Waals surface area contributed by atoms with Gasteiger partial charge in [0.05, 0.1) is 20.1 Å². The van der Waals surface area contributed by atoms with Gasteiger partial charge in [0.1, 0.15) is 0 Å². The van der Waals surface area contributed by atoms with Crippen molar-refractivity contribution in [1.82, 2.24) is 4.90 Å². The highest BCUT2D eigenvalue weighted by atomic mass is 16.5. The van der Waals surface area contributed by atoms with Crippen molar-refractivity contribution in [2.24, 2.45) is 0 Å². The zero-order valence-corrected chi connectivity index (χ0v) is 10.3. The van der Waals surface area contributed by atoms with E-state index in [0.717, 1.165) is 19.5 Å². The summed E-state index contributed by atoms with van der Waals surface area (Å²) < 4.78 is 9.66. The molecule has 0 aromatic carbocycles. The minimum Gasteiger partial charge on any atom is -0.469 e. The molecule has 0 saturated heterocycles. The van der Waals surface area contributed by atoms with Crippen LogP contribution in [0, 0.1) is 0 Å². The highest BCUT2D eigenvalue weighted by Gasteiger charge is 2.13. The van der Waals surface area contributed by atoms with E-state index in [1.165, 1.54) is 7.11 Å². The molecule has 0 heterocycles. The maximum Gasteiger partial charge on any atom is 0.306 e. The molecular formula is C11H23NO3. The highest BCUT2D eigenvalue weighted by molar-refractivity contribution is 5.69. The Morgan fingerprint density at radius 2 is 2.00 bits per heavy atom. The summed E-state index contributed by atoms with van der Waals surface area (Å²) in [5.41, 5.74) is 0. The number of carbonyl (C=O) groups excluding carboxylic acids is 1. The standard InChI is InChI=1S/C11H23NO3/c1-5-10(2)12(8-9-14-3)7-6-11(13)15-4/h10H,5-9H2,1-4H3. The van der Waals surface area contributed by atoms with Crippen molar-refractivity contribution in [3.8, 4) is 0 Å². The van der Waals surface area contributed by atoms with Gasteiger partial charge >= 0.3 is 5.97 Å². The van der Waals surface area contributed by atoms with E-state index in [4.69, 9.17) is 4.74 Å². The molecule has 1 atom stereocenters. The van der Waals surface area contributed by atoms with Crippen LogP contribution in [0.25, 0.3) is 0 Å². The number of ether oxygens (including phenoxy) is 2. The van der Waals surface area contributed by atoms with E-state index in [9.17, 15) is 4.79 Å². The lowest BCUT2D eigenvalue weighted by Crippen LogP contribution is -2.37. The molecule has 0 aliphatic heterocycles.